The van der Waals surface area contributed by atoms with Gasteiger partial charge in [0.05, 0.1) is 11.0 Å². The molecule has 12 aromatic rings. The van der Waals surface area contributed by atoms with Gasteiger partial charge in [-0.25, -0.2) is 0 Å². The van der Waals surface area contributed by atoms with Gasteiger partial charge in [0.2, 0.25) is 0 Å². The average Bonchev–Trinajstić information content (AvgIpc) is 3.80. The summed E-state index contributed by atoms with van der Waals surface area (Å²) in [6, 6.07) is 67.7. The largest absolute Gasteiger partial charge is 0.354 e. The van der Waals surface area contributed by atoms with Crippen molar-refractivity contribution in [3.8, 4) is 33.4 Å². The Bertz CT molecular complexity index is 3580. The third kappa shape index (κ3) is 4.44. The summed E-state index contributed by atoms with van der Waals surface area (Å²) in [6.07, 6.45) is 0. The van der Waals surface area contributed by atoms with Gasteiger partial charge in [-0.3, -0.25) is 0 Å². The van der Waals surface area contributed by atoms with Crippen molar-refractivity contribution >= 4 is 86.7 Å². The maximum absolute atomic E-state index is 3.81. The fourth-order valence-corrected chi connectivity index (χ4v) is 9.80. The van der Waals surface area contributed by atoms with Crippen molar-refractivity contribution in [1.29, 1.82) is 0 Å². The highest BCUT2D eigenvalue weighted by Gasteiger charge is 2.20. The Morgan fingerprint density at radius 2 is 0.964 bits per heavy atom. The van der Waals surface area contributed by atoms with E-state index >= 15 is 0 Å². The Balaban J connectivity index is 1.22. The summed E-state index contributed by atoms with van der Waals surface area (Å²) >= 11 is 0. The third-order valence-electron chi connectivity index (χ3n) is 12.3. The minimum absolute atomic E-state index is 0.893. The van der Waals surface area contributed by atoms with Gasteiger partial charge in [-0.2, -0.15) is 0 Å². The lowest BCUT2D eigenvalue weighted by Gasteiger charge is -2.19. The van der Waals surface area contributed by atoms with E-state index in [0.29, 0.717) is 0 Å². The molecule has 0 aliphatic rings. The monoisotopic (exact) mass is 712 g/mol. The summed E-state index contributed by atoms with van der Waals surface area (Å²) in [7, 11) is 0. The molecule has 0 unspecified atom stereocenters. The van der Waals surface area contributed by atoms with Gasteiger partial charge in [-0.1, -0.05) is 146 Å². The fourth-order valence-electron chi connectivity index (χ4n) is 9.80. The maximum Gasteiger partial charge on any atom is 0.0571 e. The van der Waals surface area contributed by atoms with E-state index in [-0.39, 0.29) is 0 Å². The molecule has 12 rings (SSSR count). The smallest absolute Gasteiger partial charge is 0.0571 e. The lowest BCUT2D eigenvalue weighted by Crippen LogP contribution is -1.96. The Morgan fingerprint density at radius 1 is 0.393 bits per heavy atom. The minimum atomic E-state index is 0.893. The zero-order valence-corrected chi connectivity index (χ0v) is 31.0. The molecule has 0 spiro atoms. The number of para-hydroxylation sites is 4. The van der Waals surface area contributed by atoms with Crippen LogP contribution >= 0.6 is 0 Å². The quantitative estimate of drug-likeness (QED) is 0.175. The molecule has 262 valence electrons. The zero-order valence-electron chi connectivity index (χ0n) is 31.0. The molecule has 0 fully saturated rings. The molecule has 0 atom stereocenters. The number of H-pyrrole nitrogens is 1. The highest BCUT2D eigenvalue weighted by Crippen LogP contribution is 2.46. The Hall–Kier alpha value is -7.16. The molecule has 0 bridgehead atoms. The van der Waals surface area contributed by atoms with Gasteiger partial charge in [-0.15, -0.1) is 0 Å². The van der Waals surface area contributed by atoms with Crippen molar-refractivity contribution < 1.29 is 0 Å². The molecule has 2 aromatic heterocycles. The molecule has 2 heterocycles. The highest BCUT2D eigenvalue weighted by molar-refractivity contribution is 6.23. The lowest BCUT2D eigenvalue weighted by atomic mass is 9.85. The summed E-state index contributed by atoms with van der Waals surface area (Å²) in [5.74, 6) is 0. The fraction of sp³-hybridized carbons (Fsp3) is 0.0370. The number of nitrogens with one attached hydrogen (secondary N) is 1. The van der Waals surface area contributed by atoms with Gasteiger partial charge in [0.15, 0.2) is 0 Å². The van der Waals surface area contributed by atoms with E-state index in [2.05, 4.69) is 198 Å². The van der Waals surface area contributed by atoms with Crippen molar-refractivity contribution in [2.24, 2.45) is 0 Å². The molecule has 1 N–H and O–H groups in total. The predicted molar refractivity (Wildman–Crippen MR) is 241 cm³/mol. The van der Waals surface area contributed by atoms with Crippen molar-refractivity contribution in [1.82, 2.24) is 9.55 Å². The first-order valence-electron chi connectivity index (χ1n) is 19.6. The normalized spacial score (nSPS) is 12.1. The van der Waals surface area contributed by atoms with Crippen LogP contribution in [0.2, 0.25) is 0 Å². The van der Waals surface area contributed by atoms with Gasteiger partial charge in [0, 0.05) is 50.2 Å². The van der Waals surface area contributed by atoms with Crippen molar-refractivity contribution in [2.75, 3.05) is 0 Å². The van der Waals surface area contributed by atoms with Crippen molar-refractivity contribution in [3.05, 3.63) is 182 Å². The van der Waals surface area contributed by atoms with Crippen LogP contribution in [0.3, 0.4) is 0 Å². The predicted octanol–water partition coefficient (Wildman–Crippen LogP) is 15.1. The lowest BCUT2D eigenvalue weighted by molar-refractivity contribution is 0.828. The van der Waals surface area contributed by atoms with Crippen LogP contribution in [0.15, 0.2) is 182 Å². The van der Waals surface area contributed by atoms with E-state index in [4.69, 9.17) is 0 Å². The first-order valence-corrected chi connectivity index (χ1v) is 19.6. The van der Waals surface area contributed by atoms with E-state index in [9.17, 15) is 0 Å². The topological polar surface area (TPSA) is 20.7 Å². The molecule has 0 aliphatic carbocycles. The van der Waals surface area contributed by atoms with Crippen LogP contribution in [0.4, 0.5) is 0 Å². The molecule has 0 radical (unpaired) electrons. The standard InChI is InChI=1S/C54H36N2/c1-2-56-51-26-8-6-16-41(51)47-24-12-23-46(54(47)56)39-18-10-20-43-49(39)32-48-38(44-21-11-22-45-40-15-5-7-25-50(40)55-53(44)45)17-9-19-42(48)52(43)36-28-27-35-29-33-13-3-4-14-34(33)30-37(35)31-36/h3-32,55H,2H2,1H3. The van der Waals surface area contributed by atoms with Gasteiger partial charge in [0.25, 0.3) is 0 Å². The van der Waals surface area contributed by atoms with Gasteiger partial charge < -0.3 is 9.55 Å². The number of nitrogens with zero attached hydrogens (tertiary/aromatic N) is 1. The summed E-state index contributed by atoms with van der Waals surface area (Å²) in [4.78, 5) is 3.81. The molecule has 10 aromatic carbocycles. The van der Waals surface area contributed by atoms with Gasteiger partial charge >= 0.3 is 0 Å². The molecule has 56 heavy (non-hydrogen) atoms. The number of fused-ring (bicyclic) bond motifs is 10. The van der Waals surface area contributed by atoms with Crippen LogP contribution < -0.4 is 0 Å². The van der Waals surface area contributed by atoms with Crippen molar-refractivity contribution in [2.45, 2.75) is 13.5 Å². The summed E-state index contributed by atoms with van der Waals surface area (Å²) in [5.41, 5.74) is 12.3. The molecule has 2 nitrogen and oxygen atoms in total. The number of rotatable bonds is 4. The highest BCUT2D eigenvalue weighted by atomic mass is 15.0. The molecule has 0 amide bonds. The minimum Gasteiger partial charge on any atom is -0.354 e. The molecule has 2 heteroatoms. The van der Waals surface area contributed by atoms with E-state index in [1.165, 1.54) is 115 Å². The zero-order chi connectivity index (χ0) is 36.9. The Labute approximate surface area is 323 Å². The second-order valence-electron chi connectivity index (χ2n) is 15.2. The first kappa shape index (κ1) is 31.2. The second kappa shape index (κ2) is 11.9. The van der Waals surface area contributed by atoms with Crippen molar-refractivity contribution in [3.63, 3.8) is 0 Å². The van der Waals surface area contributed by atoms with E-state index in [0.717, 1.165) is 12.1 Å². The van der Waals surface area contributed by atoms with Crippen LogP contribution in [0.5, 0.6) is 0 Å². The van der Waals surface area contributed by atoms with Gasteiger partial charge in [-0.05, 0) is 109 Å². The van der Waals surface area contributed by atoms with Crippen LogP contribution in [0.1, 0.15) is 6.92 Å². The first-order chi connectivity index (χ1) is 27.7. The van der Waals surface area contributed by atoms with Crippen LogP contribution in [-0.2, 0) is 6.54 Å². The third-order valence-corrected chi connectivity index (χ3v) is 12.3. The van der Waals surface area contributed by atoms with E-state index in [1.54, 1.807) is 0 Å². The summed E-state index contributed by atoms with van der Waals surface area (Å²) in [5, 5.41) is 15.1. The van der Waals surface area contributed by atoms with E-state index in [1.807, 2.05) is 0 Å². The van der Waals surface area contributed by atoms with E-state index < -0.39 is 0 Å². The SMILES string of the molecule is CCn1c2ccccc2c2cccc(-c3cccc4c(-c5ccc6cc7ccccc7cc6c5)c5cccc(-c6cccc7c6[nH]c6ccccc67)c5cc34)c21. The summed E-state index contributed by atoms with van der Waals surface area (Å²) in [6.45, 7) is 3.15. The number of aromatic nitrogens is 2. The molecular weight excluding hydrogens is 677 g/mol. The number of hydrogen-bond donors (Lipinski definition) is 1. The van der Waals surface area contributed by atoms with Crippen LogP contribution in [-0.4, -0.2) is 9.55 Å². The number of hydrogen-bond acceptors (Lipinski definition) is 0. The number of aryl methyl sites for hydroxylation is 1. The molecule has 0 saturated carbocycles. The number of benzene rings is 10. The molecule has 0 aliphatic heterocycles. The summed E-state index contributed by atoms with van der Waals surface area (Å²) < 4.78 is 2.50. The Morgan fingerprint density at radius 3 is 1.73 bits per heavy atom. The number of aromatic amines is 1. The van der Waals surface area contributed by atoms with Crippen LogP contribution in [0, 0.1) is 0 Å². The second-order valence-corrected chi connectivity index (χ2v) is 15.2. The molecule has 0 saturated heterocycles. The molecular formula is C54H36N2. The Kier molecular flexibility index (Phi) is 6.64. The van der Waals surface area contributed by atoms with Gasteiger partial charge in [0.1, 0.15) is 0 Å². The average molecular weight is 713 g/mol. The van der Waals surface area contributed by atoms with Crippen LogP contribution in [0.25, 0.3) is 120 Å². The maximum atomic E-state index is 3.81.